The fourth-order valence-corrected chi connectivity index (χ4v) is 2.06. The smallest absolute Gasteiger partial charge is 0.349 e. The lowest BCUT2D eigenvalue weighted by molar-refractivity contribution is -0.0898. The second-order valence-corrected chi connectivity index (χ2v) is 5.69. The molecular formula is C16H24F3N. The molecule has 0 bridgehead atoms. The first-order valence-corrected chi connectivity index (χ1v) is 7.09. The van der Waals surface area contributed by atoms with Crippen LogP contribution in [0.2, 0.25) is 0 Å². The lowest BCUT2D eigenvalue weighted by Crippen LogP contribution is -2.27. The maximum Gasteiger partial charge on any atom is 0.416 e. The molecule has 2 aliphatic rings. The molecule has 0 atom stereocenters. The van der Waals surface area contributed by atoms with Gasteiger partial charge in [-0.25, -0.2) is 0 Å². The molecule has 0 aromatic carbocycles. The molecule has 4 heteroatoms. The van der Waals surface area contributed by atoms with Gasteiger partial charge >= 0.3 is 6.18 Å². The predicted octanol–water partition coefficient (Wildman–Crippen LogP) is 5.42. The normalized spacial score (nSPS) is 19.5. The Labute approximate surface area is 119 Å². The third-order valence-corrected chi connectivity index (χ3v) is 3.77. The van der Waals surface area contributed by atoms with Gasteiger partial charge in [0.2, 0.25) is 0 Å². The summed E-state index contributed by atoms with van der Waals surface area (Å²) in [7, 11) is 1.73. The Morgan fingerprint density at radius 2 is 1.60 bits per heavy atom. The second kappa shape index (κ2) is 6.51. The maximum absolute atomic E-state index is 12.9. The van der Waals surface area contributed by atoms with Gasteiger partial charge in [-0.2, -0.15) is 13.2 Å². The zero-order chi connectivity index (χ0) is 15.5. The molecule has 1 nitrogen and oxygen atoms in total. The number of rotatable bonds is 1. The number of halogens is 3. The van der Waals surface area contributed by atoms with Crippen molar-refractivity contribution < 1.29 is 13.2 Å². The molecule has 1 heterocycles. The van der Waals surface area contributed by atoms with E-state index >= 15 is 0 Å². The fraction of sp³-hybridized carbons (Fsp3) is 0.625. The summed E-state index contributed by atoms with van der Waals surface area (Å²) in [4.78, 5) is 1.69. The fourth-order valence-electron chi connectivity index (χ4n) is 2.06. The molecule has 1 aliphatic carbocycles. The van der Waals surface area contributed by atoms with Gasteiger partial charge in [0.05, 0.1) is 5.57 Å². The summed E-state index contributed by atoms with van der Waals surface area (Å²) >= 11 is 0. The van der Waals surface area contributed by atoms with Gasteiger partial charge in [0.15, 0.2) is 0 Å². The molecule has 1 saturated carbocycles. The van der Waals surface area contributed by atoms with Crippen LogP contribution in [0.5, 0.6) is 0 Å². The van der Waals surface area contributed by atoms with Crippen LogP contribution in [0.4, 0.5) is 13.2 Å². The third-order valence-electron chi connectivity index (χ3n) is 3.77. The van der Waals surface area contributed by atoms with Crippen LogP contribution in [0.1, 0.15) is 46.5 Å². The largest absolute Gasteiger partial charge is 0.416 e. The van der Waals surface area contributed by atoms with E-state index in [9.17, 15) is 13.2 Å². The second-order valence-electron chi connectivity index (χ2n) is 5.69. The van der Waals surface area contributed by atoms with E-state index in [0.717, 1.165) is 0 Å². The van der Waals surface area contributed by atoms with Crippen LogP contribution < -0.4 is 0 Å². The van der Waals surface area contributed by atoms with Gasteiger partial charge in [0, 0.05) is 18.4 Å². The van der Waals surface area contributed by atoms with Gasteiger partial charge in [-0.1, -0.05) is 46.1 Å². The Kier molecular flexibility index (Phi) is 5.49. The Bertz CT molecular complexity index is 419. The maximum atomic E-state index is 12.9. The molecule has 1 fully saturated rings. The van der Waals surface area contributed by atoms with E-state index in [1.54, 1.807) is 32.7 Å². The number of hydrogen-bond donors (Lipinski definition) is 0. The van der Waals surface area contributed by atoms with Crippen molar-refractivity contribution in [3.8, 4) is 0 Å². The first kappa shape index (κ1) is 16.9. The summed E-state index contributed by atoms with van der Waals surface area (Å²) in [5, 5.41) is 0. The number of allylic oxidation sites excluding steroid dienone is 4. The Hall–Kier alpha value is -1.19. The molecular weight excluding hydrogens is 263 g/mol. The number of alkyl halides is 3. The predicted molar refractivity (Wildman–Crippen MR) is 77.0 cm³/mol. The quantitative estimate of drug-likeness (QED) is 0.622. The minimum atomic E-state index is -4.31. The van der Waals surface area contributed by atoms with E-state index < -0.39 is 11.7 Å². The van der Waals surface area contributed by atoms with Crippen molar-refractivity contribution in [1.82, 2.24) is 4.90 Å². The highest BCUT2D eigenvalue weighted by atomic mass is 19.4. The van der Waals surface area contributed by atoms with Crippen molar-refractivity contribution in [3.05, 3.63) is 35.2 Å². The Morgan fingerprint density at radius 1 is 1.15 bits per heavy atom. The number of nitrogens with zero attached hydrogens (tertiary/aromatic N) is 1. The highest BCUT2D eigenvalue weighted by molar-refractivity contribution is 5.47. The molecule has 0 aromatic rings. The van der Waals surface area contributed by atoms with Gasteiger partial charge in [-0.05, 0) is 24.5 Å². The molecule has 2 rings (SSSR count). The lowest BCUT2D eigenvalue weighted by atomic mass is 9.90. The van der Waals surface area contributed by atoms with Crippen molar-refractivity contribution in [2.75, 3.05) is 7.05 Å². The number of hydrogen-bond acceptors (Lipinski definition) is 1. The summed E-state index contributed by atoms with van der Waals surface area (Å²) < 4.78 is 38.6. The molecule has 0 radical (unpaired) electrons. The highest BCUT2D eigenvalue weighted by Gasteiger charge is 2.38. The molecule has 0 saturated heterocycles. The minimum absolute atomic E-state index is 0.198. The Balaban J connectivity index is 0.000000425. The molecule has 0 amide bonds. The van der Waals surface area contributed by atoms with Crippen LogP contribution in [0.15, 0.2) is 35.2 Å². The van der Waals surface area contributed by atoms with Crippen molar-refractivity contribution in [2.24, 2.45) is 5.92 Å². The molecule has 0 N–H and O–H groups in total. The van der Waals surface area contributed by atoms with Crippen molar-refractivity contribution >= 4 is 0 Å². The number of likely N-dealkylation sites (N-methyl/N-ethyl adjacent to an activating group) is 1. The van der Waals surface area contributed by atoms with E-state index in [2.05, 4.69) is 6.58 Å². The Morgan fingerprint density at radius 3 is 1.90 bits per heavy atom. The van der Waals surface area contributed by atoms with Crippen LogP contribution >= 0.6 is 0 Å². The van der Waals surface area contributed by atoms with Gasteiger partial charge in [0.25, 0.3) is 0 Å². The molecule has 0 spiro atoms. The van der Waals surface area contributed by atoms with Crippen LogP contribution in [0.3, 0.4) is 0 Å². The first-order valence-electron chi connectivity index (χ1n) is 7.09. The monoisotopic (exact) mass is 287 g/mol. The summed E-state index contributed by atoms with van der Waals surface area (Å²) in [5.74, 6) is -0.198. The SMILES string of the molecule is C1CCC1.C=C1C(C(C)C)=C(C(F)(F)F)C=C(C)N1C. The summed E-state index contributed by atoms with van der Waals surface area (Å²) in [6, 6.07) is 0. The highest BCUT2D eigenvalue weighted by Crippen LogP contribution is 2.39. The van der Waals surface area contributed by atoms with E-state index in [4.69, 9.17) is 0 Å². The lowest BCUT2D eigenvalue weighted by Gasteiger charge is -2.33. The average Bonchev–Trinajstić information content (AvgIpc) is 2.20. The van der Waals surface area contributed by atoms with Gasteiger partial charge in [-0.3, -0.25) is 0 Å². The molecule has 20 heavy (non-hydrogen) atoms. The van der Waals surface area contributed by atoms with Gasteiger partial charge in [0.1, 0.15) is 0 Å². The molecule has 0 aromatic heterocycles. The molecule has 1 aliphatic heterocycles. The van der Waals surface area contributed by atoms with Gasteiger partial charge in [-0.15, -0.1) is 0 Å². The third kappa shape index (κ3) is 3.90. The van der Waals surface area contributed by atoms with E-state index in [-0.39, 0.29) is 11.5 Å². The van der Waals surface area contributed by atoms with E-state index in [0.29, 0.717) is 11.4 Å². The van der Waals surface area contributed by atoms with Crippen LogP contribution in [-0.4, -0.2) is 18.1 Å². The average molecular weight is 287 g/mol. The summed E-state index contributed by atoms with van der Waals surface area (Å²) in [5.41, 5.74) is 0.702. The van der Waals surface area contributed by atoms with E-state index in [1.807, 2.05) is 0 Å². The zero-order valence-electron chi connectivity index (χ0n) is 12.8. The molecule has 114 valence electrons. The van der Waals surface area contributed by atoms with Crippen molar-refractivity contribution in [3.63, 3.8) is 0 Å². The van der Waals surface area contributed by atoms with Crippen molar-refractivity contribution in [1.29, 1.82) is 0 Å². The molecule has 0 unspecified atom stereocenters. The first-order chi connectivity index (χ1) is 9.16. The van der Waals surface area contributed by atoms with Crippen molar-refractivity contribution in [2.45, 2.75) is 52.6 Å². The van der Waals surface area contributed by atoms with E-state index in [1.165, 1.54) is 31.8 Å². The minimum Gasteiger partial charge on any atom is -0.349 e. The summed E-state index contributed by atoms with van der Waals surface area (Å²) in [6.07, 6.45) is 2.87. The zero-order valence-corrected chi connectivity index (χ0v) is 12.8. The van der Waals surface area contributed by atoms with Crippen LogP contribution in [0.25, 0.3) is 0 Å². The van der Waals surface area contributed by atoms with Crippen LogP contribution in [-0.2, 0) is 0 Å². The standard InChI is InChI=1S/C12H16F3N.C4H8/c1-7(2)11-9(4)16(5)8(3)6-10(11)12(13,14)15;1-2-4-3-1/h6-7H,4H2,1-3,5H3;1-4H2. The topological polar surface area (TPSA) is 3.24 Å². The van der Waals surface area contributed by atoms with Gasteiger partial charge < -0.3 is 4.90 Å². The summed E-state index contributed by atoms with van der Waals surface area (Å²) in [6.45, 7) is 8.88. The van der Waals surface area contributed by atoms with Crippen LogP contribution in [0, 0.1) is 5.92 Å².